The maximum atomic E-state index is 12.4. The monoisotopic (exact) mass is 290 g/mol. The number of hydrogen-bond acceptors (Lipinski definition) is 6. The average Bonchev–Trinajstić information content (AvgIpc) is 2.95. The molecule has 20 heavy (non-hydrogen) atoms. The summed E-state index contributed by atoms with van der Waals surface area (Å²) in [6.45, 7) is 1.57. The number of ether oxygens (including phenoxy) is 2. The Hall–Kier alpha value is -1.92. The maximum Gasteiger partial charge on any atom is 0.212 e. The first-order valence-corrected chi connectivity index (χ1v) is 7.24. The Balaban J connectivity index is 1.85. The number of fused-ring (bicyclic) bond motifs is 1. The SMILES string of the molecule is NCCc1nc(C(=O)c2ccc3c(c2)OCCO3)cs1. The van der Waals surface area contributed by atoms with Crippen LogP contribution in [0.1, 0.15) is 21.1 Å². The lowest BCUT2D eigenvalue weighted by Crippen LogP contribution is -2.16. The van der Waals surface area contributed by atoms with E-state index in [1.165, 1.54) is 11.3 Å². The van der Waals surface area contributed by atoms with Gasteiger partial charge in [-0.05, 0) is 24.7 Å². The van der Waals surface area contributed by atoms with Gasteiger partial charge in [-0.1, -0.05) is 0 Å². The van der Waals surface area contributed by atoms with Gasteiger partial charge in [0.25, 0.3) is 0 Å². The van der Waals surface area contributed by atoms with E-state index in [-0.39, 0.29) is 5.78 Å². The molecule has 1 aliphatic rings. The molecule has 0 saturated carbocycles. The highest BCUT2D eigenvalue weighted by atomic mass is 32.1. The molecule has 1 aliphatic heterocycles. The lowest BCUT2D eigenvalue weighted by Gasteiger charge is -2.18. The van der Waals surface area contributed by atoms with Crippen molar-refractivity contribution in [3.63, 3.8) is 0 Å². The lowest BCUT2D eigenvalue weighted by atomic mass is 10.1. The van der Waals surface area contributed by atoms with Gasteiger partial charge in [0.2, 0.25) is 5.78 Å². The number of benzene rings is 1. The minimum atomic E-state index is -0.110. The zero-order valence-electron chi connectivity index (χ0n) is 10.8. The molecule has 2 aromatic rings. The molecule has 0 radical (unpaired) electrons. The molecule has 0 spiro atoms. The van der Waals surface area contributed by atoms with Crippen LogP contribution in [-0.4, -0.2) is 30.5 Å². The molecule has 0 saturated heterocycles. The van der Waals surface area contributed by atoms with E-state index in [0.29, 0.717) is 48.9 Å². The number of carbonyl (C=O) groups is 1. The van der Waals surface area contributed by atoms with E-state index < -0.39 is 0 Å². The van der Waals surface area contributed by atoms with Crippen LogP contribution in [-0.2, 0) is 6.42 Å². The molecule has 0 unspecified atom stereocenters. The highest BCUT2D eigenvalue weighted by Crippen LogP contribution is 2.31. The van der Waals surface area contributed by atoms with E-state index in [9.17, 15) is 4.79 Å². The molecular formula is C14H14N2O3S. The minimum absolute atomic E-state index is 0.110. The van der Waals surface area contributed by atoms with Gasteiger partial charge >= 0.3 is 0 Å². The molecule has 0 atom stereocenters. The molecule has 6 heteroatoms. The molecule has 1 aromatic carbocycles. The van der Waals surface area contributed by atoms with Gasteiger partial charge < -0.3 is 15.2 Å². The highest BCUT2D eigenvalue weighted by molar-refractivity contribution is 7.09. The van der Waals surface area contributed by atoms with Gasteiger partial charge in [-0.3, -0.25) is 4.79 Å². The summed E-state index contributed by atoms with van der Waals surface area (Å²) >= 11 is 1.46. The Kier molecular flexibility index (Phi) is 3.66. The molecule has 0 fully saturated rings. The average molecular weight is 290 g/mol. The van der Waals surface area contributed by atoms with Crippen LogP contribution in [0.2, 0.25) is 0 Å². The van der Waals surface area contributed by atoms with Crippen LogP contribution in [0.15, 0.2) is 23.6 Å². The number of aromatic nitrogens is 1. The fourth-order valence-electron chi connectivity index (χ4n) is 1.99. The van der Waals surface area contributed by atoms with E-state index >= 15 is 0 Å². The van der Waals surface area contributed by atoms with Gasteiger partial charge in [-0.15, -0.1) is 11.3 Å². The Morgan fingerprint density at radius 1 is 1.30 bits per heavy atom. The van der Waals surface area contributed by atoms with Crippen LogP contribution >= 0.6 is 11.3 Å². The molecule has 1 aromatic heterocycles. The third kappa shape index (κ3) is 2.52. The second kappa shape index (κ2) is 5.60. The van der Waals surface area contributed by atoms with Gasteiger partial charge in [0.15, 0.2) is 11.5 Å². The summed E-state index contributed by atoms with van der Waals surface area (Å²) in [7, 11) is 0. The van der Waals surface area contributed by atoms with Crippen LogP contribution in [0, 0.1) is 0 Å². The summed E-state index contributed by atoms with van der Waals surface area (Å²) in [5.74, 6) is 1.18. The third-order valence-electron chi connectivity index (χ3n) is 2.95. The van der Waals surface area contributed by atoms with E-state index in [4.69, 9.17) is 15.2 Å². The number of hydrogen-bond donors (Lipinski definition) is 1. The number of rotatable bonds is 4. The van der Waals surface area contributed by atoms with Crippen LogP contribution in [0.5, 0.6) is 11.5 Å². The summed E-state index contributed by atoms with van der Waals surface area (Å²) < 4.78 is 10.9. The third-order valence-corrected chi connectivity index (χ3v) is 3.86. The number of carbonyl (C=O) groups excluding carboxylic acids is 1. The topological polar surface area (TPSA) is 74.4 Å². The van der Waals surface area contributed by atoms with Crippen molar-refractivity contribution < 1.29 is 14.3 Å². The van der Waals surface area contributed by atoms with Gasteiger partial charge in [0.05, 0.1) is 5.01 Å². The van der Waals surface area contributed by atoms with Crippen molar-refractivity contribution in [2.75, 3.05) is 19.8 Å². The molecule has 0 bridgehead atoms. The predicted molar refractivity (Wildman–Crippen MR) is 75.7 cm³/mol. The zero-order valence-corrected chi connectivity index (χ0v) is 11.6. The second-order valence-corrected chi connectivity index (χ2v) is 5.30. The molecule has 2 heterocycles. The fraction of sp³-hybridized carbons (Fsp3) is 0.286. The van der Waals surface area contributed by atoms with E-state index in [1.807, 2.05) is 0 Å². The minimum Gasteiger partial charge on any atom is -0.486 e. The summed E-state index contributed by atoms with van der Waals surface area (Å²) in [6, 6.07) is 5.20. The first-order chi connectivity index (χ1) is 9.78. The highest BCUT2D eigenvalue weighted by Gasteiger charge is 2.17. The van der Waals surface area contributed by atoms with Crippen LogP contribution < -0.4 is 15.2 Å². The zero-order chi connectivity index (χ0) is 13.9. The van der Waals surface area contributed by atoms with Gasteiger partial charge in [-0.2, -0.15) is 0 Å². The first-order valence-electron chi connectivity index (χ1n) is 6.37. The van der Waals surface area contributed by atoms with Crippen molar-refractivity contribution in [1.82, 2.24) is 4.98 Å². The molecule has 0 amide bonds. The van der Waals surface area contributed by atoms with Crippen molar-refractivity contribution in [2.45, 2.75) is 6.42 Å². The molecule has 5 nitrogen and oxygen atoms in total. The largest absolute Gasteiger partial charge is 0.486 e. The maximum absolute atomic E-state index is 12.4. The lowest BCUT2D eigenvalue weighted by molar-refractivity contribution is 0.103. The first kappa shape index (κ1) is 13.1. The Morgan fingerprint density at radius 2 is 2.10 bits per heavy atom. The Morgan fingerprint density at radius 3 is 2.90 bits per heavy atom. The van der Waals surface area contributed by atoms with Crippen molar-refractivity contribution >= 4 is 17.1 Å². The number of nitrogens with zero attached hydrogens (tertiary/aromatic N) is 1. The number of thiazole rings is 1. The standard InChI is InChI=1S/C14H14N2O3S/c15-4-3-13-16-10(8-20-13)14(17)9-1-2-11-12(7-9)19-6-5-18-11/h1-2,7-8H,3-6,15H2. The molecule has 0 aliphatic carbocycles. The molecule has 104 valence electrons. The predicted octanol–water partition coefficient (Wildman–Crippen LogP) is 1.65. The summed E-state index contributed by atoms with van der Waals surface area (Å²) in [4.78, 5) is 16.7. The van der Waals surface area contributed by atoms with Gasteiger partial charge in [-0.25, -0.2) is 4.98 Å². The van der Waals surface area contributed by atoms with Crippen molar-refractivity contribution in [2.24, 2.45) is 5.73 Å². The van der Waals surface area contributed by atoms with Crippen molar-refractivity contribution in [3.05, 3.63) is 39.8 Å². The van der Waals surface area contributed by atoms with Gasteiger partial charge in [0, 0.05) is 17.4 Å². The van der Waals surface area contributed by atoms with E-state index in [0.717, 1.165) is 5.01 Å². The van der Waals surface area contributed by atoms with Crippen molar-refractivity contribution in [3.8, 4) is 11.5 Å². The number of ketones is 1. The summed E-state index contributed by atoms with van der Waals surface area (Å²) in [6.07, 6.45) is 0.694. The quantitative estimate of drug-likeness (QED) is 0.867. The van der Waals surface area contributed by atoms with E-state index in [2.05, 4.69) is 4.98 Å². The normalized spacial score (nSPS) is 13.2. The molecule has 2 N–H and O–H groups in total. The Bertz CT molecular complexity index is 639. The molecule has 3 rings (SSSR count). The second-order valence-electron chi connectivity index (χ2n) is 4.35. The van der Waals surface area contributed by atoms with Crippen LogP contribution in [0.4, 0.5) is 0 Å². The number of nitrogens with two attached hydrogens (primary N) is 1. The van der Waals surface area contributed by atoms with Crippen molar-refractivity contribution in [1.29, 1.82) is 0 Å². The Labute approximate surface area is 120 Å². The summed E-state index contributed by atoms with van der Waals surface area (Å²) in [5, 5.41) is 2.65. The molecular weight excluding hydrogens is 276 g/mol. The van der Waals surface area contributed by atoms with Crippen LogP contribution in [0.3, 0.4) is 0 Å². The smallest absolute Gasteiger partial charge is 0.212 e. The van der Waals surface area contributed by atoms with Gasteiger partial charge in [0.1, 0.15) is 18.9 Å². The van der Waals surface area contributed by atoms with Crippen LogP contribution in [0.25, 0.3) is 0 Å². The fourth-order valence-corrected chi connectivity index (χ4v) is 2.78. The van der Waals surface area contributed by atoms with E-state index in [1.54, 1.807) is 23.6 Å². The summed E-state index contributed by atoms with van der Waals surface area (Å²) in [5.41, 5.74) is 6.49.